The van der Waals surface area contributed by atoms with E-state index < -0.39 is 4.87 Å². The molecule has 1 atom stereocenters. The van der Waals surface area contributed by atoms with Gasteiger partial charge in [0, 0.05) is 18.3 Å². The van der Waals surface area contributed by atoms with Gasteiger partial charge in [0.1, 0.15) is 0 Å². The number of benzene rings is 2. The van der Waals surface area contributed by atoms with Crippen LogP contribution < -0.4 is 9.80 Å². The highest BCUT2D eigenvalue weighted by Crippen LogP contribution is 2.55. The Balaban J connectivity index is 1.97. The minimum Gasteiger partial charge on any atom is -0.312 e. The maximum atomic E-state index is 13.0. The summed E-state index contributed by atoms with van der Waals surface area (Å²) >= 11 is 1.40. The number of para-hydroxylation sites is 2. The lowest BCUT2D eigenvalue weighted by Gasteiger charge is -2.32. The molecule has 2 aromatic rings. The largest absolute Gasteiger partial charge is 0.312 e. The Bertz CT molecular complexity index is 777. The quantitative estimate of drug-likeness (QED) is 0.813. The van der Waals surface area contributed by atoms with E-state index in [0.717, 1.165) is 16.9 Å². The number of carbonyl (C=O) groups excluding carboxylic acids is 2. The smallest absolute Gasteiger partial charge is 0.268 e. The van der Waals surface area contributed by atoms with Crippen LogP contribution in [0.2, 0.25) is 0 Å². The molecule has 0 N–H and O–H groups in total. The second kappa shape index (κ2) is 4.61. The predicted octanol–water partition coefficient (Wildman–Crippen LogP) is 2.60. The van der Waals surface area contributed by atoms with Crippen molar-refractivity contribution in [2.75, 3.05) is 22.6 Å². The van der Waals surface area contributed by atoms with Gasteiger partial charge in [-0.2, -0.15) is 0 Å². The Kier molecular flexibility index (Phi) is 2.81. The molecule has 2 aliphatic heterocycles. The van der Waals surface area contributed by atoms with Crippen molar-refractivity contribution < 1.29 is 9.59 Å². The van der Waals surface area contributed by atoms with Crippen LogP contribution in [0.3, 0.4) is 0 Å². The van der Waals surface area contributed by atoms with Crippen molar-refractivity contribution in [3.05, 3.63) is 60.2 Å². The number of amides is 2. The van der Waals surface area contributed by atoms with Crippen LogP contribution in [0, 0.1) is 0 Å². The molecule has 2 aliphatic rings. The number of anilines is 2. The molecule has 4 rings (SSSR count). The fraction of sp³-hybridized carbons (Fsp3) is 0.176. The molecular formula is C17H14N2O2S. The molecule has 110 valence electrons. The molecule has 0 radical (unpaired) electrons. The van der Waals surface area contributed by atoms with Crippen molar-refractivity contribution >= 4 is 35.0 Å². The maximum absolute atomic E-state index is 13.0. The molecule has 2 heterocycles. The zero-order valence-electron chi connectivity index (χ0n) is 12.0. The van der Waals surface area contributed by atoms with Gasteiger partial charge in [-0.25, -0.2) is 0 Å². The third-order valence-electron chi connectivity index (χ3n) is 4.21. The fourth-order valence-electron chi connectivity index (χ4n) is 3.23. The van der Waals surface area contributed by atoms with Crippen LogP contribution >= 0.6 is 11.8 Å². The lowest BCUT2D eigenvalue weighted by Crippen LogP contribution is -2.49. The second-order valence-electron chi connectivity index (χ2n) is 5.38. The molecule has 5 heteroatoms. The summed E-state index contributed by atoms with van der Waals surface area (Å²) < 4.78 is 0. The number of likely N-dealkylation sites (N-methyl/N-ethyl adjacent to an activating group) is 1. The standard InChI is InChI=1S/C17H14N2O2S/c1-18-14-10-6-5-9-13(14)17(16(18)21)19(15(20)11-22-17)12-7-3-2-4-8-12/h2-10H,11H2,1H3/t17-/m1/s1. The Morgan fingerprint density at radius 2 is 1.68 bits per heavy atom. The lowest BCUT2D eigenvalue weighted by molar-refractivity contribution is -0.123. The van der Waals surface area contributed by atoms with Gasteiger partial charge in [-0.15, -0.1) is 11.8 Å². The SMILES string of the molecule is CN1C(=O)[C@]2(SCC(=O)N2c2ccccc2)c2ccccc21. The Hall–Kier alpha value is -2.27. The van der Waals surface area contributed by atoms with Gasteiger partial charge < -0.3 is 4.90 Å². The van der Waals surface area contributed by atoms with Crippen molar-refractivity contribution in [2.45, 2.75) is 4.87 Å². The molecule has 2 aromatic carbocycles. The number of hydrogen-bond donors (Lipinski definition) is 0. The molecule has 0 bridgehead atoms. The molecule has 0 aliphatic carbocycles. The summed E-state index contributed by atoms with van der Waals surface area (Å²) in [5.41, 5.74) is 2.52. The topological polar surface area (TPSA) is 40.6 Å². The Labute approximate surface area is 132 Å². The van der Waals surface area contributed by atoms with E-state index >= 15 is 0 Å². The number of thioether (sulfide) groups is 1. The average Bonchev–Trinajstić information content (AvgIpc) is 3.01. The highest BCUT2D eigenvalue weighted by molar-refractivity contribution is 8.02. The average molecular weight is 310 g/mol. The number of fused-ring (bicyclic) bond motifs is 2. The van der Waals surface area contributed by atoms with Crippen molar-refractivity contribution in [1.82, 2.24) is 0 Å². The van der Waals surface area contributed by atoms with Gasteiger partial charge in [-0.1, -0.05) is 36.4 Å². The van der Waals surface area contributed by atoms with Crippen LogP contribution in [0.15, 0.2) is 54.6 Å². The summed E-state index contributed by atoms with van der Waals surface area (Å²) in [6.45, 7) is 0. The number of carbonyl (C=O) groups is 2. The fourth-order valence-corrected chi connectivity index (χ4v) is 4.62. The Morgan fingerprint density at radius 3 is 2.45 bits per heavy atom. The van der Waals surface area contributed by atoms with Crippen molar-refractivity contribution in [3.8, 4) is 0 Å². The first-order chi connectivity index (χ1) is 10.7. The van der Waals surface area contributed by atoms with Crippen LogP contribution in [0.4, 0.5) is 11.4 Å². The molecule has 22 heavy (non-hydrogen) atoms. The van der Waals surface area contributed by atoms with E-state index in [0.29, 0.717) is 5.75 Å². The van der Waals surface area contributed by atoms with Gasteiger partial charge in [0.2, 0.25) is 10.8 Å². The van der Waals surface area contributed by atoms with Gasteiger partial charge in [-0.05, 0) is 18.2 Å². The number of hydrogen-bond acceptors (Lipinski definition) is 3. The van der Waals surface area contributed by atoms with Gasteiger partial charge in [0.25, 0.3) is 5.91 Å². The number of rotatable bonds is 1. The molecule has 1 saturated heterocycles. The summed E-state index contributed by atoms with van der Waals surface area (Å²) in [4.78, 5) is 27.9. The molecule has 0 unspecified atom stereocenters. The van der Waals surface area contributed by atoms with Crippen LogP contribution in [0.25, 0.3) is 0 Å². The van der Waals surface area contributed by atoms with Gasteiger partial charge in [0.15, 0.2) is 0 Å². The van der Waals surface area contributed by atoms with E-state index in [1.807, 2.05) is 54.6 Å². The van der Waals surface area contributed by atoms with Crippen LogP contribution in [0.1, 0.15) is 5.56 Å². The highest BCUT2D eigenvalue weighted by Gasteiger charge is 2.60. The van der Waals surface area contributed by atoms with E-state index in [4.69, 9.17) is 0 Å². The zero-order chi connectivity index (χ0) is 15.3. The van der Waals surface area contributed by atoms with E-state index in [1.54, 1.807) is 16.8 Å². The van der Waals surface area contributed by atoms with E-state index in [9.17, 15) is 9.59 Å². The minimum atomic E-state index is -0.968. The maximum Gasteiger partial charge on any atom is 0.268 e. The molecule has 0 saturated carbocycles. The normalized spacial score (nSPS) is 23.5. The van der Waals surface area contributed by atoms with Crippen molar-refractivity contribution in [2.24, 2.45) is 0 Å². The second-order valence-corrected chi connectivity index (χ2v) is 6.55. The van der Waals surface area contributed by atoms with Gasteiger partial charge >= 0.3 is 0 Å². The third kappa shape index (κ3) is 1.54. The van der Waals surface area contributed by atoms with Gasteiger partial charge in [-0.3, -0.25) is 14.5 Å². The molecule has 2 amide bonds. The van der Waals surface area contributed by atoms with E-state index in [1.165, 1.54) is 11.8 Å². The zero-order valence-corrected chi connectivity index (χ0v) is 12.8. The third-order valence-corrected chi connectivity index (χ3v) is 5.59. The van der Waals surface area contributed by atoms with Crippen molar-refractivity contribution in [3.63, 3.8) is 0 Å². The summed E-state index contributed by atoms with van der Waals surface area (Å²) in [5.74, 6) is 0.214. The van der Waals surface area contributed by atoms with Gasteiger partial charge in [0.05, 0.1) is 11.4 Å². The Morgan fingerprint density at radius 1 is 1.00 bits per heavy atom. The summed E-state index contributed by atoms with van der Waals surface area (Å²) in [7, 11) is 1.77. The number of nitrogens with zero attached hydrogens (tertiary/aromatic N) is 2. The molecule has 1 spiro atoms. The van der Waals surface area contributed by atoms with E-state index in [-0.39, 0.29) is 11.8 Å². The lowest BCUT2D eigenvalue weighted by atomic mass is 10.0. The molecule has 4 nitrogen and oxygen atoms in total. The molecule has 0 aromatic heterocycles. The van der Waals surface area contributed by atoms with Crippen LogP contribution in [-0.2, 0) is 14.5 Å². The van der Waals surface area contributed by atoms with Crippen LogP contribution in [0.5, 0.6) is 0 Å². The first-order valence-corrected chi connectivity index (χ1v) is 8.04. The summed E-state index contributed by atoms with van der Waals surface area (Å²) in [5, 5.41) is 0. The monoisotopic (exact) mass is 310 g/mol. The first-order valence-electron chi connectivity index (χ1n) is 7.06. The molecule has 1 fully saturated rings. The predicted molar refractivity (Wildman–Crippen MR) is 87.9 cm³/mol. The molecular weight excluding hydrogens is 296 g/mol. The van der Waals surface area contributed by atoms with E-state index in [2.05, 4.69) is 0 Å². The van der Waals surface area contributed by atoms with Crippen LogP contribution in [-0.4, -0.2) is 24.6 Å². The first kappa shape index (κ1) is 13.4. The summed E-state index contributed by atoms with van der Waals surface area (Å²) in [6.07, 6.45) is 0. The minimum absolute atomic E-state index is 0.0327. The van der Waals surface area contributed by atoms with Crippen molar-refractivity contribution in [1.29, 1.82) is 0 Å². The summed E-state index contributed by atoms with van der Waals surface area (Å²) in [6, 6.07) is 17.1. The highest BCUT2D eigenvalue weighted by atomic mass is 32.2.